The minimum atomic E-state index is -0.516. The maximum atomic E-state index is 12.7. The first-order valence-corrected chi connectivity index (χ1v) is 8.53. The van der Waals surface area contributed by atoms with E-state index in [0.717, 1.165) is 25.7 Å². The van der Waals surface area contributed by atoms with Crippen molar-refractivity contribution in [1.82, 2.24) is 10.6 Å². The van der Waals surface area contributed by atoms with Crippen LogP contribution in [-0.4, -0.2) is 37.4 Å². The molecule has 24 heavy (non-hydrogen) atoms. The van der Waals surface area contributed by atoms with Crippen molar-refractivity contribution in [2.24, 2.45) is 5.92 Å². The fraction of sp³-hybridized carbons (Fsp3) is 0.500. The summed E-state index contributed by atoms with van der Waals surface area (Å²) in [6, 6.07) is 6.51. The van der Waals surface area contributed by atoms with Gasteiger partial charge in [-0.3, -0.25) is 14.4 Å². The SMILES string of the molecule is CN(C(=O)C1CC1)c1ccccc1C(=O)N[C@@H]1CCCCNC1=O. The lowest BCUT2D eigenvalue weighted by atomic mass is 10.1. The van der Waals surface area contributed by atoms with Crippen LogP contribution in [0.2, 0.25) is 0 Å². The van der Waals surface area contributed by atoms with Crippen LogP contribution >= 0.6 is 0 Å². The zero-order valence-electron chi connectivity index (χ0n) is 13.9. The lowest BCUT2D eigenvalue weighted by Gasteiger charge is -2.22. The van der Waals surface area contributed by atoms with Gasteiger partial charge in [-0.15, -0.1) is 0 Å². The summed E-state index contributed by atoms with van der Waals surface area (Å²) in [5, 5.41) is 5.63. The zero-order valence-corrected chi connectivity index (χ0v) is 13.9. The Labute approximate surface area is 141 Å². The van der Waals surface area contributed by atoms with Crippen LogP contribution in [0.5, 0.6) is 0 Å². The number of para-hydroxylation sites is 1. The number of amides is 3. The second-order valence-electron chi connectivity index (χ2n) is 6.50. The molecule has 3 rings (SSSR count). The molecule has 2 N–H and O–H groups in total. The Bertz CT molecular complexity index is 655. The van der Waals surface area contributed by atoms with Crippen LogP contribution in [0.1, 0.15) is 42.5 Å². The molecule has 128 valence electrons. The quantitative estimate of drug-likeness (QED) is 0.878. The maximum Gasteiger partial charge on any atom is 0.254 e. The van der Waals surface area contributed by atoms with E-state index in [1.54, 1.807) is 36.2 Å². The third-order valence-electron chi connectivity index (χ3n) is 4.61. The molecule has 1 aromatic carbocycles. The molecule has 2 aliphatic rings. The Morgan fingerprint density at radius 3 is 2.67 bits per heavy atom. The molecule has 2 fully saturated rings. The van der Waals surface area contributed by atoms with Crippen LogP contribution in [0, 0.1) is 5.92 Å². The molecule has 1 saturated carbocycles. The number of hydrogen-bond acceptors (Lipinski definition) is 3. The van der Waals surface area contributed by atoms with Crippen molar-refractivity contribution in [2.45, 2.75) is 38.1 Å². The topological polar surface area (TPSA) is 78.5 Å². The van der Waals surface area contributed by atoms with Crippen LogP contribution < -0.4 is 15.5 Å². The second kappa shape index (κ2) is 7.03. The number of nitrogens with one attached hydrogen (secondary N) is 2. The van der Waals surface area contributed by atoms with E-state index < -0.39 is 6.04 Å². The summed E-state index contributed by atoms with van der Waals surface area (Å²) in [5.41, 5.74) is 1.01. The normalized spacial score (nSPS) is 20.7. The Morgan fingerprint density at radius 1 is 1.17 bits per heavy atom. The summed E-state index contributed by atoms with van der Waals surface area (Å²) >= 11 is 0. The summed E-state index contributed by atoms with van der Waals surface area (Å²) in [6.45, 7) is 0.653. The first-order chi connectivity index (χ1) is 11.6. The number of hydrogen-bond donors (Lipinski definition) is 2. The van der Waals surface area contributed by atoms with Gasteiger partial charge in [-0.05, 0) is 44.2 Å². The second-order valence-corrected chi connectivity index (χ2v) is 6.50. The first-order valence-electron chi connectivity index (χ1n) is 8.53. The van der Waals surface area contributed by atoms with Gasteiger partial charge >= 0.3 is 0 Å². The van der Waals surface area contributed by atoms with Crippen molar-refractivity contribution >= 4 is 23.4 Å². The molecule has 6 heteroatoms. The van der Waals surface area contributed by atoms with E-state index in [-0.39, 0.29) is 23.6 Å². The largest absolute Gasteiger partial charge is 0.354 e. The van der Waals surface area contributed by atoms with E-state index in [0.29, 0.717) is 24.2 Å². The van der Waals surface area contributed by atoms with Crippen molar-refractivity contribution in [3.8, 4) is 0 Å². The lowest BCUT2D eigenvalue weighted by molar-refractivity contribution is -0.122. The number of nitrogens with zero attached hydrogens (tertiary/aromatic N) is 1. The molecule has 1 aliphatic carbocycles. The Kier molecular flexibility index (Phi) is 4.83. The monoisotopic (exact) mass is 329 g/mol. The van der Waals surface area contributed by atoms with Crippen LogP contribution in [-0.2, 0) is 9.59 Å². The molecule has 0 radical (unpaired) electrons. The summed E-state index contributed by atoms with van der Waals surface area (Å²) in [7, 11) is 1.70. The average Bonchev–Trinajstić information content (AvgIpc) is 3.44. The molecule has 1 aliphatic heterocycles. The molecule has 1 aromatic rings. The Morgan fingerprint density at radius 2 is 1.92 bits per heavy atom. The molecule has 1 atom stereocenters. The van der Waals surface area contributed by atoms with Crippen LogP contribution in [0.3, 0.4) is 0 Å². The van der Waals surface area contributed by atoms with Gasteiger partial charge in [-0.25, -0.2) is 0 Å². The van der Waals surface area contributed by atoms with Crippen LogP contribution in [0.25, 0.3) is 0 Å². The third-order valence-corrected chi connectivity index (χ3v) is 4.61. The molecular formula is C18H23N3O3. The molecule has 0 bridgehead atoms. The fourth-order valence-electron chi connectivity index (χ4n) is 2.99. The van der Waals surface area contributed by atoms with Crippen molar-refractivity contribution in [1.29, 1.82) is 0 Å². The van der Waals surface area contributed by atoms with Gasteiger partial charge in [0.25, 0.3) is 5.91 Å². The van der Waals surface area contributed by atoms with Crippen molar-refractivity contribution in [3.05, 3.63) is 29.8 Å². The van der Waals surface area contributed by atoms with Gasteiger partial charge in [0, 0.05) is 19.5 Å². The van der Waals surface area contributed by atoms with E-state index in [4.69, 9.17) is 0 Å². The van der Waals surface area contributed by atoms with Gasteiger partial charge in [-0.1, -0.05) is 12.1 Å². The molecular weight excluding hydrogens is 306 g/mol. The number of anilines is 1. The van der Waals surface area contributed by atoms with Crippen molar-refractivity contribution in [3.63, 3.8) is 0 Å². The molecule has 6 nitrogen and oxygen atoms in total. The standard InChI is InChI=1S/C18H23N3O3/c1-21(18(24)12-9-10-12)15-8-3-2-6-13(15)16(22)20-14-7-4-5-11-19-17(14)23/h2-3,6,8,12,14H,4-5,7,9-11H2,1H3,(H,19,23)(H,20,22)/t14-/m1/s1. The minimum absolute atomic E-state index is 0.0439. The van der Waals surface area contributed by atoms with Gasteiger partial charge in [0.2, 0.25) is 11.8 Å². The highest BCUT2D eigenvalue weighted by atomic mass is 16.2. The van der Waals surface area contributed by atoms with Gasteiger partial charge in [0.15, 0.2) is 0 Å². The highest BCUT2D eigenvalue weighted by Crippen LogP contribution is 2.33. The van der Waals surface area contributed by atoms with E-state index in [9.17, 15) is 14.4 Å². The summed E-state index contributed by atoms with van der Waals surface area (Å²) < 4.78 is 0. The molecule has 0 spiro atoms. The first kappa shape index (κ1) is 16.5. The van der Waals surface area contributed by atoms with E-state index in [2.05, 4.69) is 10.6 Å². The highest BCUT2D eigenvalue weighted by Gasteiger charge is 2.33. The molecule has 0 unspecified atom stereocenters. The Balaban J connectivity index is 1.77. The van der Waals surface area contributed by atoms with Gasteiger partial charge < -0.3 is 15.5 Å². The molecule has 1 saturated heterocycles. The fourth-order valence-corrected chi connectivity index (χ4v) is 2.99. The number of benzene rings is 1. The summed E-state index contributed by atoms with van der Waals surface area (Å²) in [4.78, 5) is 38.5. The van der Waals surface area contributed by atoms with Crippen molar-refractivity contribution in [2.75, 3.05) is 18.5 Å². The highest BCUT2D eigenvalue weighted by molar-refractivity contribution is 6.06. The van der Waals surface area contributed by atoms with Gasteiger partial charge in [-0.2, -0.15) is 0 Å². The number of rotatable bonds is 4. The predicted octanol–water partition coefficient (Wildman–Crippen LogP) is 1.46. The lowest BCUT2D eigenvalue weighted by Crippen LogP contribution is -2.45. The Hall–Kier alpha value is -2.37. The predicted molar refractivity (Wildman–Crippen MR) is 90.7 cm³/mol. The average molecular weight is 329 g/mol. The number of carbonyl (C=O) groups excluding carboxylic acids is 3. The van der Waals surface area contributed by atoms with E-state index in [1.165, 1.54) is 0 Å². The van der Waals surface area contributed by atoms with Crippen molar-refractivity contribution < 1.29 is 14.4 Å². The summed E-state index contributed by atoms with van der Waals surface area (Å²) in [5.74, 6) is -0.329. The van der Waals surface area contributed by atoms with Gasteiger partial charge in [0.1, 0.15) is 6.04 Å². The smallest absolute Gasteiger partial charge is 0.254 e. The van der Waals surface area contributed by atoms with Gasteiger partial charge in [0.05, 0.1) is 11.3 Å². The summed E-state index contributed by atoms with van der Waals surface area (Å²) in [6.07, 6.45) is 4.29. The minimum Gasteiger partial charge on any atom is -0.354 e. The van der Waals surface area contributed by atoms with E-state index in [1.807, 2.05) is 0 Å². The molecule has 1 heterocycles. The third kappa shape index (κ3) is 3.58. The molecule has 0 aromatic heterocycles. The van der Waals surface area contributed by atoms with Crippen LogP contribution in [0.4, 0.5) is 5.69 Å². The van der Waals surface area contributed by atoms with E-state index >= 15 is 0 Å². The number of carbonyl (C=O) groups is 3. The maximum absolute atomic E-state index is 12.7. The van der Waals surface area contributed by atoms with Crippen LogP contribution in [0.15, 0.2) is 24.3 Å². The molecule has 3 amide bonds. The zero-order chi connectivity index (χ0) is 17.1.